The first-order chi connectivity index (χ1) is 8.77. The maximum absolute atomic E-state index is 11.6. The molecule has 0 aliphatic rings. The molecule has 19 heavy (non-hydrogen) atoms. The fourth-order valence-electron chi connectivity index (χ4n) is 1.47. The number of nitrogen functional groups attached to an aromatic ring is 1. The van der Waals surface area contributed by atoms with E-state index in [4.69, 9.17) is 5.73 Å². The number of amides is 1. The Kier molecular flexibility index (Phi) is 4.26. The summed E-state index contributed by atoms with van der Waals surface area (Å²) in [6.45, 7) is 3.64. The van der Waals surface area contributed by atoms with E-state index in [0.717, 1.165) is 0 Å². The van der Waals surface area contributed by atoms with Crippen LogP contribution in [-0.4, -0.2) is 29.4 Å². The van der Waals surface area contributed by atoms with Gasteiger partial charge in [0.25, 0.3) is 0 Å². The molecule has 104 valence electrons. The zero-order chi connectivity index (χ0) is 14.6. The summed E-state index contributed by atoms with van der Waals surface area (Å²) in [5, 5.41) is 16.2. The molecule has 0 radical (unpaired) electrons. The third-order valence-electron chi connectivity index (χ3n) is 2.63. The first kappa shape index (κ1) is 14.7. The number of rotatable bonds is 5. The first-order valence-corrected chi connectivity index (χ1v) is 5.65. The van der Waals surface area contributed by atoms with Gasteiger partial charge >= 0.3 is 5.69 Å². The number of pyridine rings is 1. The minimum absolute atomic E-state index is 0.0574. The van der Waals surface area contributed by atoms with Crippen LogP contribution in [-0.2, 0) is 4.79 Å². The molecule has 1 heterocycles. The lowest BCUT2D eigenvalue weighted by Gasteiger charge is -2.23. The van der Waals surface area contributed by atoms with Crippen LogP contribution in [0.15, 0.2) is 12.1 Å². The minimum Gasteiger partial charge on any atom is -0.384 e. The highest BCUT2D eigenvalue weighted by Gasteiger charge is 2.27. The molecule has 0 saturated carbocycles. The van der Waals surface area contributed by atoms with E-state index in [1.54, 1.807) is 13.8 Å². The first-order valence-electron chi connectivity index (χ1n) is 5.65. The lowest BCUT2D eigenvalue weighted by atomic mass is 9.92. The van der Waals surface area contributed by atoms with Crippen molar-refractivity contribution < 1.29 is 9.72 Å². The van der Waals surface area contributed by atoms with Gasteiger partial charge in [-0.05, 0) is 19.9 Å². The standard InChI is InChI=1S/C11H17N5O3/c1-11(2,10(17)13-3)6-14-9-7(16(18)19)4-5-8(12)15-9/h4-5H,6H2,1-3H3,(H,13,17)(H3,12,14,15). The van der Waals surface area contributed by atoms with Crippen molar-refractivity contribution in [1.82, 2.24) is 10.3 Å². The highest BCUT2D eigenvalue weighted by molar-refractivity contribution is 5.82. The Balaban J connectivity index is 2.91. The van der Waals surface area contributed by atoms with Crippen molar-refractivity contribution in [3.05, 3.63) is 22.2 Å². The summed E-state index contributed by atoms with van der Waals surface area (Å²) in [6, 6.07) is 2.63. The summed E-state index contributed by atoms with van der Waals surface area (Å²) < 4.78 is 0. The predicted molar refractivity (Wildman–Crippen MR) is 71.6 cm³/mol. The quantitative estimate of drug-likeness (QED) is 0.534. The summed E-state index contributed by atoms with van der Waals surface area (Å²) in [4.78, 5) is 25.8. The van der Waals surface area contributed by atoms with Crippen molar-refractivity contribution in [3.63, 3.8) is 0 Å². The lowest BCUT2D eigenvalue weighted by molar-refractivity contribution is -0.384. The Bertz CT molecular complexity index is 501. The summed E-state index contributed by atoms with van der Waals surface area (Å²) >= 11 is 0. The number of anilines is 2. The van der Waals surface area contributed by atoms with Gasteiger partial charge in [-0.3, -0.25) is 14.9 Å². The fourth-order valence-corrected chi connectivity index (χ4v) is 1.47. The Morgan fingerprint density at radius 1 is 1.53 bits per heavy atom. The molecule has 1 rings (SSSR count). The van der Waals surface area contributed by atoms with E-state index >= 15 is 0 Å². The molecular formula is C11H17N5O3. The van der Waals surface area contributed by atoms with E-state index in [0.29, 0.717) is 0 Å². The van der Waals surface area contributed by atoms with E-state index < -0.39 is 10.3 Å². The molecule has 0 unspecified atom stereocenters. The minimum atomic E-state index is -0.727. The van der Waals surface area contributed by atoms with E-state index in [1.807, 2.05) is 0 Å². The molecule has 1 amide bonds. The second-order valence-electron chi connectivity index (χ2n) is 4.68. The van der Waals surface area contributed by atoms with Crippen molar-refractivity contribution in [2.24, 2.45) is 5.41 Å². The third-order valence-corrected chi connectivity index (χ3v) is 2.63. The number of hydrogen-bond acceptors (Lipinski definition) is 6. The number of nitro groups is 1. The zero-order valence-electron chi connectivity index (χ0n) is 11.1. The molecule has 8 heteroatoms. The maximum atomic E-state index is 11.6. The number of nitrogens with two attached hydrogens (primary N) is 1. The van der Waals surface area contributed by atoms with Gasteiger partial charge in [-0.1, -0.05) is 0 Å². The topological polar surface area (TPSA) is 123 Å². The van der Waals surface area contributed by atoms with Gasteiger partial charge in [0.1, 0.15) is 5.82 Å². The summed E-state index contributed by atoms with van der Waals surface area (Å²) in [5.41, 5.74) is 4.59. The Morgan fingerprint density at radius 2 is 2.16 bits per heavy atom. The van der Waals surface area contributed by atoms with Crippen molar-refractivity contribution in [3.8, 4) is 0 Å². The number of aromatic nitrogens is 1. The van der Waals surface area contributed by atoms with Crippen molar-refractivity contribution in [1.29, 1.82) is 0 Å². The Morgan fingerprint density at radius 3 is 2.68 bits per heavy atom. The average Bonchev–Trinajstić information content (AvgIpc) is 2.35. The van der Waals surface area contributed by atoms with Gasteiger partial charge in [0.2, 0.25) is 11.7 Å². The van der Waals surface area contributed by atoms with Crippen LogP contribution in [0, 0.1) is 15.5 Å². The Labute approximate surface area is 110 Å². The molecule has 0 saturated heterocycles. The number of carbonyl (C=O) groups excluding carboxylic acids is 1. The van der Waals surface area contributed by atoms with Crippen LogP contribution in [0.1, 0.15) is 13.8 Å². The van der Waals surface area contributed by atoms with Gasteiger partial charge in [0, 0.05) is 19.7 Å². The van der Waals surface area contributed by atoms with Crippen LogP contribution in [0.2, 0.25) is 0 Å². The van der Waals surface area contributed by atoms with Crippen LogP contribution in [0.25, 0.3) is 0 Å². The monoisotopic (exact) mass is 267 g/mol. The molecule has 0 fully saturated rings. The van der Waals surface area contributed by atoms with Crippen molar-refractivity contribution >= 4 is 23.2 Å². The largest absolute Gasteiger partial charge is 0.384 e. The van der Waals surface area contributed by atoms with Gasteiger partial charge in [0.15, 0.2) is 0 Å². The second kappa shape index (κ2) is 5.51. The second-order valence-corrected chi connectivity index (χ2v) is 4.68. The number of carbonyl (C=O) groups is 1. The van der Waals surface area contributed by atoms with Crippen LogP contribution in [0.3, 0.4) is 0 Å². The van der Waals surface area contributed by atoms with Gasteiger partial charge in [0.05, 0.1) is 10.3 Å². The summed E-state index contributed by atoms with van der Waals surface area (Å²) in [6.07, 6.45) is 0. The molecule has 1 aromatic rings. The molecule has 0 aliphatic heterocycles. The SMILES string of the molecule is CNC(=O)C(C)(C)CNc1nc(N)ccc1[N+](=O)[O-]. The number of nitrogens with one attached hydrogen (secondary N) is 2. The van der Waals surface area contributed by atoms with Gasteiger partial charge in [-0.2, -0.15) is 0 Å². The van der Waals surface area contributed by atoms with E-state index in [-0.39, 0.29) is 29.8 Å². The van der Waals surface area contributed by atoms with Crippen molar-refractivity contribution in [2.75, 3.05) is 24.6 Å². The fraction of sp³-hybridized carbons (Fsp3) is 0.455. The summed E-state index contributed by atoms with van der Waals surface area (Å²) in [7, 11) is 1.53. The maximum Gasteiger partial charge on any atom is 0.311 e. The molecule has 0 spiro atoms. The van der Waals surface area contributed by atoms with E-state index in [9.17, 15) is 14.9 Å². The van der Waals surface area contributed by atoms with Crippen LogP contribution >= 0.6 is 0 Å². The molecule has 1 aromatic heterocycles. The lowest BCUT2D eigenvalue weighted by Crippen LogP contribution is -2.39. The van der Waals surface area contributed by atoms with Gasteiger partial charge in [-0.15, -0.1) is 0 Å². The summed E-state index contributed by atoms with van der Waals surface area (Å²) in [5.74, 6) is 0.0550. The van der Waals surface area contributed by atoms with Crippen LogP contribution < -0.4 is 16.4 Å². The smallest absolute Gasteiger partial charge is 0.311 e. The molecule has 8 nitrogen and oxygen atoms in total. The highest BCUT2D eigenvalue weighted by atomic mass is 16.6. The van der Waals surface area contributed by atoms with E-state index in [1.165, 1.54) is 19.2 Å². The number of nitrogens with zero attached hydrogens (tertiary/aromatic N) is 2. The predicted octanol–water partition coefficient (Wildman–Crippen LogP) is 0.756. The third kappa shape index (κ3) is 3.54. The van der Waals surface area contributed by atoms with Gasteiger partial charge in [-0.25, -0.2) is 4.98 Å². The van der Waals surface area contributed by atoms with Crippen molar-refractivity contribution in [2.45, 2.75) is 13.8 Å². The molecule has 0 atom stereocenters. The normalized spacial score (nSPS) is 10.9. The molecule has 0 aromatic carbocycles. The zero-order valence-corrected chi connectivity index (χ0v) is 11.1. The Hall–Kier alpha value is -2.38. The molecule has 0 aliphatic carbocycles. The van der Waals surface area contributed by atoms with Gasteiger partial charge < -0.3 is 16.4 Å². The number of hydrogen-bond donors (Lipinski definition) is 3. The average molecular weight is 267 g/mol. The molecule has 4 N–H and O–H groups in total. The van der Waals surface area contributed by atoms with Crippen LogP contribution in [0.5, 0.6) is 0 Å². The molecular weight excluding hydrogens is 250 g/mol. The molecule has 0 bridgehead atoms. The highest BCUT2D eigenvalue weighted by Crippen LogP contribution is 2.24. The van der Waals surface area contributed by atoms with E-state index in [2.05, 4.69) is 15.6 Å². The van der Waals surface area contributed by atoms with Crippen LogP contribution in [0.4, 0.5) is 17.3 Å².